The van der Waals surface area contributed by atoms with Crippen molar-refractivity contribution < 1.29 is 9.53 Å². The van der Waals surface area contributed by atoms with E-state index >= 15 is 0 Å². The SMILES string of the molecule is CC1=C(c2ccc(-c3ccccc3)cc2)C(=O)O/C1=C\C(C)C. The average Bonchev–Trinajstić information content (AvgIpc) is 2.82. The molecule has 0 radical (unpaired) electrons. The van der Waals surface area contributed by atoms with Crippen LogP contribution >= 0.6 is 0 Å². The second-order valence-corrected chi connectivity index (χ2v) is 6.11. The van der Waals surface area contributed by atoms with Crippen LogP contribution in [0.25, 0.3) is 16.7 Å². The van der Waals surface area contributed by atoms with Gasteiger partial charge in [0.1, 0.15) is 5.76 Å². The summed E-state index contributed by atoms with van der Waals surface area (Å²) in [6, 6.07) is 18.3. The number of carbonyl (C=O) groups excluding carboxylic acids is 1. The molecule has 0 saturated carbocycles. The minimum Gasteiger partial charge on any atom is -0.423 e. The fraction of sp³-hybridized carbons (Fsp3) is 0.190. The molecule has 0 aromatic heterocycles. The van der Waals surface area contributed by atoms with Gasteiger partial charge < -0.3 is 4.74 Å². The van der Waals surface area contributed by atoms with Gasteiger partial charge in [0, 0.05) is 5.57 Å². The summed E-state index contributed by atoms with van der Waals surface area (Å²) in [5.41, 5.74) is 4.78. The predicted octanol–water partition coefficient (Wildman–Crippen LogP) is 5.22. The van der Waals surface area contributed by atoms with Gasteiger partial charge in [-0.3, -0.25) is 0 Å². The summed E-state index contributed by atoms with van der Waals surface area (Å²) in [5, 5.41) is 0. The van der Waals surface area contributed by atoms with Crippen LogP contribution in [0.1, 0.15) is 26.3 Å². The Morgan fingerprint density at radius 1 is 0.870 bits per heavy atom. The highest BCUT2D eigenvalue weighted by atomic mass is 16.5. The summed E-state index contributed by atoms with van der Waals surface area (Å²) >= 11 is 0. The third-order valence-electron chi connectivity index (χ3n) is 3.92. The molecule has 116 valence electrons. The van der Waals surface area contributed by atoms with Crippen molar-refractivity contribution >= 4 is 11.5 Å². The van der Waals surface area contributed by atoms with Crippen LogP contribution in [0.3, 0.4) is 0 Å². The molecular weight excluding hydrogens is 284 g/mol. The van der Waals surface area contributed by atoms with Crippen molar-refractivity contribution in [1.82, 2.24) is 0 Å². The summed E-state index contributed by atoms with van der Waals surface area (Å²) in [6.07, 6.45) is 1.98. The molecule has 0 unspecified atom stereocenters. The standard InChI is InChI=1S/C21H20O2/c1-14(2)13-19-15(3)20(21(22)23-19)18-11-9-17(10-12-18)16-7-5-4-6-8-16/h4-14H,1-3H3/b19-13-. The average molecular weight is 304 g/mol. The number of cyclic esters (lactones) is 1. The van der Waals surface area contributed by atoms with E-state index in [-0.39, 0.29) is 5.97 Å². The van der Waals surface area contributed by atoms with Gasteiger partial charge in [0.2, 0.25) is 0 Å². The van der Waals surface area contributed by atoms with Gasteiger partial charge in [-0.25, -0.2) is 4.79 Å². The van der Waals surface area contributed by atoms with Crippen molar-refractivity contribution in [2.45, 2.75) is 20.8 Å². The molecule has 0 atom stereocenters. The molecule has 23 heavy (non-hydrogen) atoms. The normalized spacial score (nSPS) is 16.3. The van der Waals surface area contributed by atoms with Crippen molar-refractivity contribution in [2.24, 2.45) is 5.92 Å². The van der Waals surface area contributed by atoms with Gasteiger partial charge in [-0.1, -0.05) is 68.4 Å². The van der Waals surface area contributed by atoms with Gasteiger partial charge in [-0.15, -0.1) is 0 Å². The minimum atomic E-state index is -0.262. The Labute approximate surface area is 137 Å². The van der Waals surface area contributed by atoms with Crippen LogP contribution < -0.4 is 0 Å². The summed E-state index contributed by atoms with van der Waals surface area (Å²) in [6.45, 7) is 6.08. The molecule has 0 aliphatic carbocycles. The van der Waals surface area contributed by atoms with Gasteiger partial charge in [0.15, 0.2) is 0 Å². The van der Waals surface area contributed by atoms with Crippen molar-refractivity contribution in [3.63, 3.8) is 0 Å². The van der Waals surface area contributed by atoms with Crippen LogP contribution in [0.2, 0.25) is 0 Å². The number of benzene rings is 2. The third kappa shape index (κ3) is 3.11. The number of carbonyl (C=O) groups is 1. The Balaban J connectivity index is 1.96. The van der Waals surface area contributed by atoms with Gasteiger partial charge >= 0.3 is 5.97 Å². The zero-order valence-electron chi connectivity index (χ0n) is 13.7. The maximum absolute atomic E-state index is 12.2. The molecule has 2 aromatic rings. The van der Waals surface area contributed by atoms with E-state index in [9.17, 15) is 4.79 Å². The molecule has 1 aliphatic rings. The fourth-order valence-corrected chi connectivity index (χ4v) is 2.76. The van der Waals surface area contributed by atoms with E-state index in [0.717, 1.165) is 16.7 Å². The summed E-state index contributed by atoms with van der Waals surface area (Å²) in [5.74, 6) is 0.765. The van der Waals surface area contributed by atoms with Crippen LogP contribution in [0.15, 0.2) is 72.0 Å². The van der Waals surface area contributed by atoms with Gasteiger partial charge in [0.05, 0.1) is 5.57 Å². The lowest BCUT2D eigenvalue weighted by molar-refractivity contribution is -0.131. The minimum absolute atomic E-state index is 0.262. The lowest BCUT2D eigenvalue weighted by atomic mass is 9.97. The Bertz CT molecular complexity index is 778. The van der Waals surface area contributed by atoms with Crippen molar-refractivity contribution in [2.75, 3.05) is 0 Å². The molecule has 0 saturated heterocycles. The second kappa shape index (κ2) is 6.25. The van der Waals surface area contributed by atoms with E-state index in [2.05, 4.69) is 26.0 Å². The number of esters is 1. The summed E-state index contributed by atoms with van der Waals surface area (Å²) < 4.78 is 5.41. The number of ether oxygens (including phenoxy) is 1. The number of rotatable bonds is 3. The highest BCUT2D eigenvalue weighted by Crippen LogP contribution is 2.34. The Kier molecular flexibility index (Phi) is 4.16. The molecular formula is C21H20O2. The van der Waals surface area contributed by atoms with E-state index in [4.69, 9.17) is 4.74 Å². The van der Waals surface area contributed by atoms with E-state index in [1.807, 2.05) is 55.5 Å². The lowest BCUT2D eigenvalue weighted by Crippen LogP contribution is -1.98. The Hall–Kier alpha value is -2.61. The largest absolute Gasteiger partial charge is 0.423 e. The van der Waals surface area contributed by atoms with E-state index < -0.39 is 0 Å². The molecule has 3 rings (SSSR count). The second-order valence-electron chi connectivity index (χ2n) is 6.11. The molecule has 0 bridgehead atoms. The van der Waals surface area contributed by atoms with Crippen LogP contribution in [-0.4, -0.2) is 5.97 Å². The summed E-state index contributed by atoms with van der Waals surface area (Å²) in [4.78, 5) is 12.2. The molecule has 1 heterocycles. The van der Waals surface area contributed by atoms with Gasteiger partial charge in [-0.05, 0) is 35.6 Å². The molecule has 0 spiro atoms. The predicted molar refractivity (Wildman–Crippen MR) is 93.5 cm³/mol. The molecule has 0 N–H and O–H groups in total. The van der Waals surface area contributed by atoms with E-state index in [1.165, 1.54) is 5.56 Å². The van der Waals surface area contributed by atoms with Crippen molar-refractivity contribution in [3.05, 3.63) is 77.6 Å². The van der Waals surface area contributed by atoms with Gasteiger partial charge in [0.25, 0.3) is 0 Å². The molecule has 0 amide bonds. The zero-order valence-corrected chi connectivity index (χ0v) is 13.7. The van der Waals surface area contributed by atoms with Gasteiger partial charge in [-0.2, -0.15) is 0 Å². The zero-order chi connectivity index (χ0) is 16.4. The fourth-order valence-electron chi connectivity index (χ4n) is 2.76. The molecule has 1 aliphatic heterocycles. The van der Waals surface area contributed by atoms with E-state index in [0.29, 0.717) is 17.3 Å². The third-order valence-corrected chi connectivity index (χ3v) is 3.92. The monoisotopic (exact) mass is 304 g/mol. The van der Waals surface area contributed by atoms with E-state index in [1.54, 1.807) is 0 Å². The van der Waals surface area contributed by atoms with Crippen LogP contribution in [0.5, 0.6) is 0 Å². The quantitative estimate of drug-likeness (QED) is 0.726. The first kappa shape index (κ1) is 15.3. The smallest absolute Gasteiger partial charge is 0.344 e. The van der Waals surface area contributed by atoms with Crippen LogP contribution in [0.4, 0.5) is 0 Å². The first-order valence-corrected chi connectivity index (χ1v) is 7.87. The van der Waals surface area contributed by atoms with Crippen molar-refractivity contribution in [3.8, 4) is 11.1 Å². The first-order valence-electron chi connectivity index (χ1n) is 7.87. The molecule has 2 heteroatoms. The number of allylic oxidation sites excluding steroid dienone is 2. The first-order chi connectivity index (χ1) is 11.1. The maximum atomic E-state index is 12.2. The Morgan fingerprint density at radius 2 is 1.43 bits per heavy atom. The topological polar surface area (TPSA) is 26.3 Å². The molecule has 0 fully saturated rings. The van der Waals surface area contributed by atoms with Crippen molar-refractivity contribution in [1.29, 1.82) is 0 Å². The summed E-state index contributed by atoms with van der Waals surface area (Å²) in [7, 11) is 0. The highest BCUT2D eigenvalue weighted by Gasteiger charge is 2.28. The van der Waals surface area contributed by atoms with Crippen LogP contribution in [-0.2, 0) is 9.53 Å². The van der Waals surface area contributed by atoms with Crippen LogP contribution in [0, 0.1) is 5.92 Å². The lowest BCUT2D eigenvalue weighted by Gasteiger charge is -2.04. The number of hydrogen-bond acceptors (Lipinski definition) is 2. The maximum Gasteiger partial charge on any atom is 0.344 e. The molecule has 2 nitrogen and oxygen atoms in total. The molecule has 2 aromatic carbocycles. The highest BCUT2D eigenvalue weighted by molar-refractivity contribution is 6.21. The Morgan fingerprint density at radius 3 is 2.04 bits per heavy atom. The number of hydrogen-bond donors (Lipinski definition) is 0.